The summed E-state index contributed by atoms with van der Waals surface area (Å²) >= 11 is 18.3. The Hall–Kier alpha value is -5.92. The van der Waals surface area contributed by atoms with E-state index < -0.39 is 11.9 Å². The number of nitrogens with one attached hydrogen (secondary N) is 1. The van der Waals surface area contributed by atoms with Crippen LogP contribution in [0.5, 0.6) is 17.2 Å². The summed E-state index contributed by atoms with van der Waals surface area (Å²) in [6.45, 7) is 27.8. The van der Waals surface area contributed by atoms with E-state index in [1.54, 1.807) is 38.1 Å². The first-order valence-electron chi connectivity index (χ1n) is 30.2. The zero-order chi connectivity index (χ0) is 68.4. The van der Waals surface area contributed by atoms with Gasteiger partial charge in [-0.05, 0) is 129 Å². The van der Waals surface area contributed by atoms with E-state index in [-0.39, 0.29) is 172 Å². The molecule has 0 unspecified atom stereocenters. The SMILES string of the molecule is CC(C)OC(=O)c1ccc(OC(C)C)c(Cl)c1N.CC(C)Oc1ccc(C(=O)N[C@H](CCO)Cc2ccc(-c3cn(C)c(C(C)(C)C)n3)cc2)c(N)c1Cl.CC(C)Oc1ccc(C(=O)O)c(N)c1Cl.Cn1cc(-c2ccc(C[C@H](N)CCO)cc2)nc1C(C)(C)C.[K+].[OH-]. The molecule has 0 aliphatic rings. The summed E-state index contributed by atoms with van der Waals surface area (Å²) in [6, 6.07) is 25.6. The zero-order valence-electron chi connectivity index (χ0n) is 56.8. The Bertz CT molecular complexity index is 3530. The average Bonchev–Trinajstić information content (AvgIpc) is 1.81. The molecule has 2 atom stereocenters. The third-order valence-electron chi connectivity index (χ3n) is 13.4. The number of carbonyl (C=O) groups is 3. The fourth-order valence-corrected chi connectivity index (χ4v) is 9.95. The summed E-state index contributed by atoms with van der Waals surface area (Å²) in [5.41, 5.74) is 30.7. The number of anilines is 3. The number of hydrogen-bond acceptors (Lipinski definition) is 16. The fraction of sp³-hybridized carbons (Fsp3) is 0.435. The van der Waals surface area contributed by atoms with Crippen molar-refractivity contribution < 1.29 is 106 Å². The largest absolute Gasteiger partial charge is 1.00 e. The number of carbonyl (C=O) groups excluding carboxylic acids is 2. The monoisotopic (exact) mass is 1370 g/mol. The van der Waals surface area contributed by atoms with Gasteiger partial charge in [0.25, 0.3) is 5.91 Å². The molecule has 2 heterocycles. The molecule has 0 saturated carbocycles. The summed E-state index contributed by atoms with van der Waals surface area (Å²) in [5.74, 6) is 1.47. The molecule has 0 saturated heterocycles. The zero-order valence-corrected chi connectivity index (χ0v) is 62.2. The van der Waals surface area contributed by atoms with Crippen molar-refractivity contribution in [2.75, 3.05) is 30.4 Å². The number of nitrogens with zero attached hydrogens (tertiary/aromatic N) is 4. The van der Waals surface area contributed by atoms with Gasteiger partial charge >= 0.3 is 63.3 Å². The smallest absolute Gasteiger partial charge is 0.870 e. The second-order valence-electron chi connectivity index (χ2n) is 25.2. The van der Waals surface area contributed by atoms with Gasteiger partial charge in [0.2, 0.25) is 0 Å². The summed E-state index contributed by atoms with van der Waals surface area (Å²) in [7, 11) is 4.05. The molecule has 1 amide bonds. The summed E-state index contributed by atoms with van der Waals surface area (Å²) in [6.07, 6.45) is 6.17. The first kappa shape index (κ1) is 83.2. The molecule has 93 heavy (non-hydrogen) atoms. The summed E-state index contributed by atoms with van der Waals surface area (Å²) in [5, 5.41) is 30.9. The van der Waals surface area contributed by atoms with Crippen molar-refractivity contribution in [3.05, 3.63) is 152 Å². The normalized spacial score (nSPS) is 11.8. The van der Waals surface area contributed by atoms with E-state index in [1.807, 2.05) is 86.1 Å². The molecule has 20 nitrogen and oxygen atoms in total. The number of aromatic carboxylic acids is 1. The van der Waals surface area contributed by atoms with Crippen LogP contribution in [0.3, 0.4) is 0 Å². The maximum absolute atomic E-state index is 13.0. The molecule has 24 heteroatoms. The number of aliphatic hydroxyl groups is 2. The van der Waals surface area contributed by atoms with E-state index in [9.17, 15) is 19.5 Å². The number of esters is 1. The van der Waals surface area contributed by atoms with Gasteiger partial charge in [0, 0.05) is 73.7 Å². The number of aromatic nitrogens is 4. The second kappa shape index (κ2) is 38.0. The minimum atomic E-state index is -1.11. The van der Waals surface area contributed by atoms with Crippen LogP contribution in [0.2, 0.25) is 15.1 Å². The number of nitrogens with two attached hydrogens (primary N) is 4. The third-order valence-corrected chi connectivity index (χ3v) is 14.6. The van der Waals surface area contributed by atoms with Crippen molar-refractivity contribution in [2.24, 2.45) is 19.8 Å². The quantitative estimate of drug-likeness (QED) is 0.0188. The van der Waals surface area contributed by atoms with Gasteiger partial charge in [-0.2, -0.15) is 0 Å². The Morgan fingerprint density at radius 2 is 0.903 bits per heavy atom. The Labute approximate surface area is 606 Å². The van der Waals surface area contributed by atoms with Crippen LogP contribution in [0, 0.1) is 0 Å². The van der Waals surface area contributed by atoms with Crippen LogP contribution in [-0.4, -0.2) is 107 Å². The van der Waals surface area contributed by atoms with Crippen LogP contribution in [0.1, 0.15) is 164 Å². The number of amides is 1. The van der Waals surface area contributed by atoms with Crippen molar-refractivity contribution in [1.82, 2.24) is 24.4 Å². The number of benzene rings is 5. The predicted octanol–water partition coefficient (Wildman–Crippen LogP) is 10.3. The number of carboxylic acids is 1. The summed E-state index contributed by atoms with van der Waals surface area (Å²) < 4.78 is 25.7. The number of aryl methyl sites for hydroxylation is 2. The van der Waals surface area contributed by atoms with Crippen LogP contribution in [-0.2, 0) is 42.5 Å². The summed E-state index contributed by atoms with van der Waals surface area (Å²) in [4.78, 5) is 45.1. The molecule has 0 fully saturated rings. The number of rotatable bonds is 21. The Balaban J connectivity index is 0.000000446. The number of halogens is 3. The standard InChI is InChI=1S/C28H37ClN4O3.C18H27N3O.C13H18ClNO3.C10H12ClNO3.K.H2O/c1-17(2)36-23-12-11-21(25(30)24(23)29)26(35)31-20(13-14-34)15-18-7-9-19(10-8-18)22-16-33(6)27(32-22)28(3,4)5;1-18(2,3)17-20-16(12-21(17)4)14-7-5-13(6-8-14)11-15(19)9-10-22;1-7(2)17-10-6-5-9(12(15)11(10)14)13(16)18-8(3)4;1-5(2)15-7-4-3-6(10(13)14)9(12)8(7)11;;/h7-12,16-17,20,34H,13-15,30H2,1-6H3,(H,31,35);5-8,12,15,22H,9-11,19H2,1-4H3;5-8H,15H2,1-4H3;3-5H,12H2,1-2H3,(H,13,14);;1H2/q;;;;+1;/p-1/t20-;15-;;;;/m11..../s1. The molecular weight excluding hydrogens is 1280 g/mol. The third kappa shape index (κ3) is 25.3. The van der Waals surface area contributed by atoms with Crippen molar-refractivity contribution in [2.45, 2.75) is 170 Å². The minimum absolute atomic E-state index is 0. The first-order chi connectivity index (χ1) is 42.5. The molecule has 0 aliphatic carbocycles. The fourth-order valence-electron chi connectivity index (χ4n) is 9.32. The van der Waals surface area contributed by atoms with E-state index in [0.717, 1.165) is 46.1 Å². The predicted molar refractivity (Wildman–Crippen MR) is 369 cm³/mol. The van der Waals surface area contributed by atoms with Gasteiger partial charge < -0.3 is 77.1 Å². The Morgan fingerprint density at radius 1 is 0.548 bits per heavy atom. The van der Waals surface area contributed by atoms with Crippen molar-refractivity contribution in [3.63, 3.8) is 0 Å². The van der Waals surface area contributed by atoms with E-state index in [1.165, 1.54) is 17.7 Å². The molecule has 7 aromatic rings. The van der Waals surface area contributed by atoms with Gasteiger partial charge in [-0.3, -0.25) is 4.79 Å². The van der Waals surface area contributed by atoms with Gasteiger partial charge in [0.1, 0.15) is 44.0 Å². The second-order valence-corrected chi connectivity index (χ2v) is 26.3. The maximum atomic E-state index is 13.0. The van der Waals surface area contributed by atoms with Crippen molar-refractivity contribution >= 4 is 69.7 Å². The average molecular weight is 1370 g/mol. The topological polar surface area (TPSA) is 331 Å². The molecule has 2 aromatic heterocycles. The number of ether oxygens (including phenoxy) is 4. The molecule has 0 radical (unpaired) electrons. The van der Waals surface area contributed by atoms with E-state index in [4.69, 9.17) is 96.9 Å². The number of hydrogen-bond donors (Lipinski definition) is 8. The number of carboxylic acid groups (broad SMARTS) is 1. The number of nitrogen functional groups attached to an aromatic ring is 3. The van der Waals surface area contributed by atoms with E-state index in [0.29, 0.717) is 36.5 Å². The Kier molecular flexibility index (Phi) is 34.0. The molecule has 13 N–H and O–H groups in total. The van der Waals surface area contributed by atoms with Crippen LogP contribution in [0.15, 0.2) is 97.3 Å². The van der Waals surface area contributed by atoms with Gasteiger partial charge in [-0.25, -0.2) is 19.6 Å². The van der Waals surface area contributed by atoms with Crippen molar-refractivity contribution in [1.29, 1.82) is 0 Å². The molecule has 0 spiro atoms. The molecular formula is C69H95Cl3KN9O11. The number of imidazole rings is 2. The molecule has 5 aromatic carbocycles. The molecule has 0 aliphatic heterocycles. The molecule has 0 bridgehead atoms. The van der Waals surface area contributed by atoms with Gasteiger partial charge in [0.05, 0.1) is 69.6 Å². The van der Waals surface area contributed by atoms with Crippen LogP contribution < -0.4 is 93.8 Å². The maximum Gasteiger partial charge on any atom is 1.00 e. The Morgan fingerprint density at radius 3 is 1.25 bits per heavy atom. The number of aliphatic hydroxyl groups excluding tert-OH is 2. The van der Waals surface area contributed by atoms with E-state index >= 15 is 0 Å². The van der Waals surface area contributed by atoms with Gasteiger partial charge in [-0.15, -0.1) is 0 Å². The van der Waals surface area contributed by atoms with Crippen LogP contribution >= 0.6 is 34.8 Å². The molecule has 7 rings (SSSR count). The van der Waals surface area contributed by atoms with Crippen molar-refractivity contribution in [3.8, 4) is 39.8 Å². The van der Waals surface area contributed by atoms with Gasteiger partial charge in [-0.1, -0.05) is 125 Å². The van der Waals surface area contributed by atoms with Gasteiger partial charge in [0.15, 0.2) is 0 Å². The van der Waals surface area contributed by atoms with Crippen LogP contribution in [0.25, 0.3) is 22.5 Å². The van der Waals surface area contributed by atoms with E-state index in [2.05, 4.69) is 86.5 Å². The minimum Gasteiger partial charge on any atom is -0.870 e. The first-order valence-corrected chi connectivity index (χ1v) is 31.3. The van der Waals surface area contributed by atoms with Crippen LogP contribution in [0.4, 0.5) is 17.1 Å². The molecule has 504 valence electrons.